The third-order valence-electron chi connectivity index (χ3n) is 3.80. The largest absolute Gasteiger partial charge is 0.335 e. The van der Waals surface area contributed by atoms with Crippen molar-refractivity contribution in [2.75, 3.05) is 6.54 Å². The Hall–Kier alpha value is -1.62. The van der Waals surface area contributed by atoms with Gasteiger partial charge in [-0.15, -0.1) is 0 Å². The molecule has 0 radical (unpaired) electrons. The highest BCUT2D eigenvalue weighted by molar-refractivity contribution is 6.33. The molecule has 0 bridgehead atoms. The molecular weight excluding hydrogens is 280 g/mol. The van der Waals surface area contributed by atoms with Crippen LogP contribution in [0, 0.1) is 16.0 Å². The maximum absolute atomic E-state index is 12.6. The van der Waals surface area contributed by atoms with Crippen LogP contribution < -0.4 is 0 Å². The lowest BCUT2D eigenvalue weighted by Crippen LogP contribution is -2.35. The molecule has 3 rings (SSSR count). The van der Waals surface area contributed by atoms with Crippen molar-refractivity contribution in [1.82, 2.24) is 4.90 Å². The van der Waals surface area contributed by atoms with Crippen molar-refractivity contribution in [3.05, 3.63) is 38.9 Å². The average molecular weight is 295 g/mol. The Kier molecular flexibility index (Phi) is 3.38. The maximum atomic E-state index is 12.6. The third kappa shape index (κ3) is 2.63. The Bertz CT molecular complexity index is 568. The van der Waals surface area contributed by atoms with Crippen molar-refractivity contribution in [2.24, 2.45) is 5.92 Å². The first-order chi connectivity index (χ1) is 9.58. The normalized spacial score (nSPS) is 17.9. The van der Waals surface area contributed by atoms with Gasteiger partial charge in [-0.25, -0.2) is 0 Å². The minimum atomic E-state index is -0.572. The van der Waals surface area contributed by atoms with Gasteiger partial charge in [-0.05, 0) is 43.7 Å². The number of para-hydroxylation sites is 1. The maximum Gasteiger partial charge on any atom is 0.300 e. The predicted molar refractivity (Wildman–Crippen MR) is 74.9 cm³/mol. The Morgan fingerprint density at radius 2 is 2.05 bits per heavy atom. The molecule has 1 amide bonds. The number of halogens is 1. The third-order valence-corrected chi connectivity index (χ3v) is 4.11. The van der Waals surface area contributed by atoms with Crippen molar-refractivity contribution >= 4 is 23.2 Å². The lowest BCUT2D eigenvalue weighted by atomic mass is 10.1. The number of carbonyl (C=O) groups is 1. The number of nitro groups is 1. The summed E-state index contributed by atoms with van der Waals surface area (Å²) >= 11 is 5.87. The van der Waals surface area contributed by atoms with Crippen molar-refractivity contribution < 1.29 is 9.72 Å². The van der Waals surface area contributed by atoms with Gasteiger partial charge in [0.05, 0.1) is 4.92 Å². The Balaban J connectivity index is 1.91. The van der Waals surface area contributed by atoms with Crippen molar-refractivity contribution in [3.63, 3.8) is 0 Å². The fourth-order valence-corrected chi connectivity index (χ4v) is 2.63. The topological polar surface area (TPSA) is 63.4 Å². The molecule has 2 saturated carbocycles. The second-order valence-electron chi connectivity index (χ2n) is 5.53. The SMILES string of the molecule is O=C(c1cccc(Cl)c1[N+](=O)[O-])N(CC1CC1)C1CC1. The van der Waals surface area contributed by atoms with E-state index in [1.165, 1.54) is 12.1 Å². The van der Waals surface area contributed by atoms with Gasteiger partial charge < -0.3 is 4.90 Å². The smallest absolute Gasteiger partial charge is 0.300 e. The molecule has 5 nitrogen and oxygen atoms in total. The van der Waals surface area contributed by atoms with Crippen molar-refractivity contribution in [2.45, 2.75) is 31.7 Å². The lowest BCUT2D eigenvalue weighted by Gasteiger charge is -2.22. The molecule has 1 aromatic carbocycles. The van der Waals surface area contributed by atoms with Crippen LogP contribution in [0.3, 0.4) is 0 Å². The monoisotopic (exact) mass is 294 g/mol. The van der Waals surface area contributed by atoms with Gasteiger partial charge in [-0.3, -0.25) is 14.9 Å². The van der Waals surface area contributed by atoms with Crippen LogP contribution in [0.25, 0.3) is 0 Å². The van der Waals surface area contributed by atoms with Crippen LogP contribution in [-0.4, -0.2) is 28.3 Å². The molecule has 2 aliphatic carbocycles. The number of benzene rings is 1. The van der Waals surface area contributed by atoms with Crippen LogP contribution in [0.15, 0.2) is 18.2 Å². The summed E-state index contributed by atoms with van der Waals surface area (Å²) in [5, 5.41) is 11.2. The summed E-state index contributed by atoms with van der Waals surface area (Å²) in [5.41, 5.74) is -0.171. The fourth-order valence-electron chi connectivity index (χ4n) is 2.39. The zero-order valence-electron chi connectivity index (χ0n) is 10.9. The van der Waals surface area contributed by atoms with Crippen LogP contribution in [0.1, 0.15) is 36.0 Å². The number of rotatable bonds is 5. The van der Waals surface area contributed by atoms with Gasteiger partial charge in [0.1, 0.15) is 10.6 Å². The summed E-state index contributed by atoms with van der Waals surface area (Å²) in [5.74, 6) is 0.311. The molecule has 6 heteroatoms. The summed E-state index contributed by atoms with van der Waals surface area (Å²) in [7, 11) is 0. The van der Waals surface area contributed by atoms with E-state index in [9.17, 15) is 14.9 Å². The van der Waals surface area contributed by atoms with Gasteiger partial charge in [0.15, 0.2) is 0 Å². The van der Waals surface area contributed by atoms with Gasteiger partial charge in [-0.1, -0.05) is 17.7 Å². The van der Waals surface area contributed by atoms with E-state index in [1.807, 2.05) is 0 Å². The molecule has 2 fully saturated rings. The zero-order valence-corrected chi connectivity index (χ0v) is 11.7. The van der Waals surface area contributed by atoms with Gasteiger partial charge in [0, 0.05) is 12.6 Å². The van der Waals surface area contributed by atoms with Crippen molar-refractivity contribution in [1.29, 1.82) is 0 Å². The number of hydrogen-bond acceptors (Lipinski definition) is 3. The first kappa shape index (κ1) is 13.4. The highest BCUT2D eigenvalue weighted by atomic mass is 35.5. The fraction of sp³-hybridized carbons (Fsp3) is 0.500. The van der Waals surface area contributed by atoms with Crippen LogP contribution in [0.4, 0.5) is 5.69 Å². The van der Waals surface area contributed by atoms with Crippen LogP contribution in [0.5, 0.6) is 0 Å². The predicted octanol–water partition coefficient (Wildman–Crippen LogP) is 3.26. The first-order valence-electron chi connectivity index (χ1n) is 6.82. The molecule has 0 N–H and O–H groups in total. The lowest BCUT2D eigenvalue weighted by molar-refractivity contribution is -0.385. The highest BCUT2D eigenvalue weighted by Gasteiger charge is 2.39. The summed E-state index contributed by atoms with van der Waals surface area (Å²) < 4.78 is 0. The average Bonchev–Trinajstić information content (AvgIpc) is 3.26. The number of amides is 1. The molecule has 20 heavy (non-hydrogen) atoms. The second-order valence-corrected chi connectivity index (χ2v) is 5.93. The molecule has 1 aromatic rings. The summed E-state index contributed by atoms with van der Waals surface area (Å²) in [6, 6.07) is 4.78. The van der Waals surface area contributed by atoms with E-state index in [0.717, 1.165) is 25.7 Å². The molecule has 106 valence electrons. The Morgan fingerprint density at radius 3 is 2.60 bits per heavy atom. The number of hydrogen-bond donors (Lipinski definition) is 0. The van der Waals surface area contributed by atoms with Gasteiger partial charge >= 0.3 is 5.69 Å². The van der Waals surface area contributed by atoms with Gasteiger partial charge in [-0.2, -0.15) is 0 Å². The zero-order chi connectivity index (χ0) is 14.3. The summed E-state index contributed by atoms with van der Waals surface area (Å²) in [4.78, 5) is 25.0. The molecule has 2 aliphatic rings. The number of carbonyl (C=O) groups excluding carboxylic acids is 1. The van der Waals surface area contributed by atoms with E-state index in [0.29, 0.717) is 12.5 Å². The number of nitrogens with zero attached hydrogens (tertiary/aromatic N) is 2. The minimum absolute atomic E-state index is 0.0167. The second kappa shape index (κ2) is 5.05. The summed E-state index contributed by atoms with van der Waals surface area (Å²) in [6.07, 6.45) is 4.28. The standard InChI is InChI=1S/C14H15ClN2O3/c15-12-3-1-2-11(13(12)17(19)20)14(18)16(10-6-7-10)8-9-4-5-9/h1-3,9-10H,4-8H2. The molecule has 0 spiro atoms. The molecule has 0 atom stereocenters. The Morgan fingerprint density at radius 1 is 1.35 bits per heavy atom. The summed E-state index contributed by atoms with van der Waals surface area (Å²) in [6.45, 7) is 0.715. The molecular formula is C14H15ClN2O3. The van der Waals surface area contributed by atoms with E-state index in [-0.39, 0.29) is 28.2 Å². The van der Waals surface area contributed by atoms with Crippen LogP contribution >= 0.6 is 11.6 Å². The molecule has 0 unspecified atom stereocenters. The van der Waals surface area contributed by atoms with Crippen LogP contribution in [0.2, 0.25) is 5.02 Å². The van der Waals surface area contributed by atoms with E-state index in [2.05, 4.69) is 0 Å². The minimum Gasteiger partial charge on any atom is -0.335 e. The quantitative estimate of drug-likeness (QED) is 0.618. The molecule has 0 saturated heterocycles. The van der Waals surface area contributed by atoms with Gasteiger partial charge in [0.2, 0.25) is 0 Å². The Labute approximate surface area is 121 Å². The van der Waals surface area contributed by atoms with Crippen LogP contribution in [-0.2, 0) is 0 Å². The van der Waals surface area contributed by atoms with E-state index < -0.39 is 4.92 Å². The van der Waals surface area contributed by atoms with Gasteiger partial charge in [0.25, 0.3) is 5.91 Å². The first-order valence-corrected chi connectivity index (χ1v) is 7.19. The van der Waals surface area contributed by atoms with E-state index in [4.69, 9.17) is 11.6 Å². The highest BCUT2D eigenvalue weighted by Crippen LogP contribution is 2.37. The van der Waals surface area contributed by atoms with Crippen molar-refractivity contribution in [3.8, 4) is 0 Å². The molecule has 0 heterocycles. The molecule has 0 aromatic heterocycles. The van der Waals surface area contributed by atoms with E-state index >= 15 is 0 Å². The number of nitro benzene ring substituents is 1. The molecule has 0 aliphatic heterocycles. The van der Waals surface area contributed by atoms with E-state index in [1.54, 1.807) is 11.0 Å².